The van der Waals surface area contributed by atoms with Crippen LogP contribution in [-0.2, 0) is 11.0 Å². The maximum absolute atomic E-state index is 12.6. The summed E-state index contributed by atoms with van der Waals surface area (Å²) in [6.07, 6.45) is -5.16. The second-order valence-corrected chi connectivity index (χ2v) is 6.79. The molecule has 8 heteroatoms. The normalized spacial score (nSPS) is 12.2. The average Bonchev–Trinajstić information content (AvgIpc) is 2.71. The number of anilines is 1. The van der Waals surface area contributed by atoms with Crippen LogP contribution in [0.1, 0.15) is 12.5 Å². The first-order valence-electron chi connectivity index (χ1n) is 8.89. The van der Waals surface area contributed by atoms with E-state index in [-0.39, 0.29) is 11.7 Å². The molecule has 0 unspecified atom stereocenters. The van der Waals surface area contributed by atoms with Crippen molar-refractivity contribution in [3.63, 3.8) is 0 Å². The number of halogens is 4. The monoisotopic (exact) mass is 435 g/mol. The molecule has 4 nitrogen and oxygen atoms in total. The highest BCUT2D eigenvalue weighted by molar-refractivity contribution is 6.30. The number of rotatable bonds is 6. The van der Waals surface area contributed by atoms with Gasteiger partial charge in [0.1, 0.15) is 17.2 Å². The molecule has 3 aromatic rings. The first-order chi connectivity index (χ1) is 14.2. The third-order valence-electron chi connectivity index (χ3n) is 4.03. The summed E-state index contributed by atoms with van der Waals surface area (Å²) in [6.45, 7) is 1.61. The van der Waals surface area contributed by atoms with E-state index in [0.29, 0.717) is 22.2 Å². The quantitative estimate of drug-likeness (QED) is 0.477. The molecule has 0 saturated carbocycles. The molecule has 0 aliphatic heterocycles. The summed E-state index contributed by atoms with van der Waals surface area (Å²) in [5, 5.41) is 3.29. The van der Waals surface area contributed by atoms with Gasteiger partial charge in [0.2, 0.25) is 0 Å². The van der Waals surface area contributed by atoms with Gasteiger partial charge in [0.05, 0.1) is 5.56 Å². The van der Waals surface area contributed by atoms with Gasteiger partial charge in [-0.2, -0.15) is 13.2 Å². The van der Waals surface area contributed by atoms with Crippen molar-refractivity contribution in [1.82, 2.24) is 0 Å². The Bertz CT molecular complexity index is 988. The fourth-order valence-corrected chi connectivity index (χ4v) is 2.60. The molecule has 0 saturated heterocycles. The molecule has 1 atom stereocenters. The molecule has 0 fully saturated rings. The van der Waals surface area contributed by atoms with Crippen molar-refractivity contribution in [2.24, 2.45) is 0 Å². The highest BCUT2D eigenvalue weighted by Crippen LogP contribution is 2.31. The minimum absolute atomic E-state index is 0.271. The summed E-state index contributed by atoms with van der Waals surface area (Å²) in [4.78, 5) is 12.2. The lowest BCUT2D eigenvalue weighted by Gasteiger charge is -2.15. The first kappa shape index (κ1) is 21.5. The van der Waals surface area contributed by atoms with E-state index in [0.717, 1.165) is 12.1 Å². The van der Waals surface area contributed by atoms with Crippen LogP contribution in [0.5, 0.6) is 17.2 Å². The highest BCUT2D eigenvalue weighted by Gasteiger charge is 2.30. The van der Waals surface area contributed by atoms with Crippen molar-refractivity contribution in [1.29, 1.82) is 0 Å². The second kappa shape index (κ2) is 9.09. The van der Waals surface area contributed by atoms with E-state index in [2.05, 4.69) is 5.32 Å². The molecule has 1 amide bonds. The van der Waals surface area contributed by atoms with Gasteiger partial charge in [0, 0.05) is 10.7 Å². The van der Waals surface area contributed by atoms with Gasteiger partial charge in [-0.15, -0.1) is 0 Å². The average molecular weight is 436 g/mol. The fourth-order valence-electron chi connectivity index (χ4n) is 2.47. The molecule has 156 valence electrons. The Labute approximate surface area is 176 Å². The molecular weight excluding hydrogens is 419 g/mol. The van der Waals surface area contributed by atoms with Crippen molar-refractivity contribution in [3.8, 4) is 17.2 Å². The molecule has 0 heterocycles. The van der Waals surface area contributed by atoms with Crippen LogP contribution in [-0.4, -0.2) is 12.0 Å². The SMILES string of the molecule is C[C@H](Oc1ccc(Oc2ccc(C(F)(F)F)cc2)cc1)C(=O)Nc1ccc(Cl)cc1. The molecule has 0 aromatic heterocycles. The van der Waals surface area contributed by atoms with Crippen LogP contribution >= 0.6 is 11.6 Å². The van der Waals surface area contributed by atoms with Crippen molar-refractivity contribution < 1.29 is 27.4 Å². The Kier molecular flexibility index (Phi) is 6.52. The number of hydrogen-bond donors (Lipinski definition) is 1. The Hall–Kier alpha value is -3.19. The standard InChI is InChI=1S/C22H17ClF3NO3/c1-14(21(28)27-17-6-4-16(23)5-7-17)29-18-10-12-20(13-11-18)30-19-8-2-15(3-9-19)22(24,25)26/h2-14H,1H3,(H,27,28)/t14-/m0/s1. The van der Waals surface area contributed by atoms with Crippen molar-refractivity contribution in [3.05, 3.63) is 83.4 Å². The van der Waals surface area contributed by atoms with Crippen LogP contribution < -0.4 is 14.8 Å². The smallest absolute Gasteiger partial charge is 0.416 e. The minimum atomic E-state index is -4.39. The van der Waals surface area contributed by atoms with Crippen LogP contribution in [0.4, 0.5) is 18.9 Å². The number of carbonyl (C=O) groups excluding carboxylic acids is 1. The summed E-state index contributed by atoms with van der Waals surface area (Å²) in [5.41, 5.74) is -0.149. The summed E-state index contributed by atoms with van der Waals surface area (Å²) in [6, 6.07) is 17.5. The fraction of sp³-hybridized carbons (Fsp3) is 0.136. The van der Waals surface area contributed by atoms with E-state index in [1.807, 2.05) is 0 Å². The minimum Gasteiger partial charge on any atom is -0.481 e. The summed E-state index contributed by atoms with van der Waals surface area (Å²) in [5.74, 6) is 0.795. The first-order valence-corrected chi connectivity index (χ1v) is 9.27. The predicted octanol–water partition coefficient (Wildman–Crippen LogP) is 6.56. The lowest BCUT2D eigenvalue weighted by Crippen LogP contribution is -2.30. The maximum atomic E-state index is 12.6. The molecule has 0 aliphatic rings. The van der Waals surface area contributed by atoms with E-state index in [1.165, 1.54) is 12.1 Å². The highest BCUT2D eigenvalue weighted by atomic mass is 35.5. The van der Waals surface area contributed by atoms with Crippen LogP contribution in [0.25, 0.3) is 0 Å². The number of hydrogen-bond acceptors (Lipinski definition) is 3. The van der Waals surface area contributed by atoms with Crippen LogP contribution in [0.3, 0.4) is 0 Å². The summed E-state index contributed by atoms with van der Waals surface area (Å²) in [7, 11) is 0. The number of benzene rings is 3. The second-order valence-electron chi connectivity index (χ2n) is 6.35. The third kappa shape index (κ3) is 5.90. The predicted molar refractivity (Wildman–Crippen MR) is 108 cm³/mol. The molecule has 1 N–H and O–H groups in total. The largest absolute Gasteiger partial charge is 0.481 e. The Morgan fingerprint density at radius 1 is 0.867 bits per heavy atom. The molecule has 0 aliphatic carbocycles. The molecule has 0 spiro atoms. The van der Waals surface area contributed by atoms with E-state index in [4.69, 9.17) is 21.1 Å². The van der Waals surface area contributed by atoms with Gasteiger partial charge < -0.3 is 14.8 Å². The number of amides is 1. The topological polar surface area (TPSA) is 47.6 Å². The third-order valence-corrected chi connectivity index (χ3v) is 4.29. The zero-order valence-electron chi connectivity index (χ0n) is 15.7. The number of nitrogens with one attached hydrogen (secondary N) is 1. The number of carbonyl (C=O) groups is 1. The summed E-state index contributed by atoms with van der Waals surface area (Å²) >= 11 is 5.81. The van der Waals surface area contributed by atoms with Gasteiger partial charge in [-0.25, -0.2) is 0 Å². The molecule has 30 heavy (non-hydrogen) atoms. The number of alkyl halides is 3. The van der Waals surface area contributed by atoms with Crippen LogP contribution in [0.2, 0.25) is 5.02 Å². The zero-order valence-corrected chi connectivity index (χ0v) is 16.5. The molecule has 0 radical (unpaired) electrons. The lowest BCUT2D eigenvalue weighted by atomic mass is 10.2. The molecule has 0 bridgehead atoms. The Balaban J connectivity index is 1.56. The van der Waals surface area contributed by atoms with Crippen LogP contribution in [0.15, 0.2) is 72.8 Å². The van der Waals surface area contributed by atoms with Gasteiger partial charge in [0.25, 0.3) is 5.91 Å². The van der Waals surface area contributed by atoms with Gasteiger partial charge in [-0.05, 0) is 79.7 Å². The van der Waals surface area contributed by atoms with E-state index in [9.17, 15) is 18.0 Å². The van der Waals surface area contributed by atoms with Gasteiger partial charge >= 0.3 is 6.18 Å². The van der Waals surface area contributed by atoms with E-state index in [1.54, 1.807) is 55.5 Å². The molecule has 3 aromatic carbocycles. The Morgan fingerprint density at radius 3 is 1.90 bits per heavy atom. The Morgan fingerprint density at radius 2 is 1.37 bits per heavy atom. The van der Waals surface area contributed by atoms with Gasteiger partial charge in [-0.3, -0.25) is 4.79 Å². The molecule has 3 rings (SSSR count). The van der Waals surface area contributed by atoms with Gasteiger partial charge in [-0.1, -0.05) is 11.6 Å². The summed E-state index contributed by atoms with van der Waals surface area (Å²) < 4.78 is 48.9. The van der Waals surface area contributed by atoms with E-state index >= 15 is 0 Å². The number of ether oxygens (including phenoxy) is 2. The van der Waals surface area contributed by atoms with E-state index < -0.39 is 17.8 Å². The molecular formula is C22H17ClF3NO3. The van der Waals surface area contributed by atoms with Crippen molar-refractivity contribution in [2.75, 3.05) is 5.32 Å². The zero-order chi connectivity index (χ0) is 21.7. The van der Waals surface area contributed by atoms with Crippen molar-refractivity contribution in [2.45, 2.75) is 19.2 Å². The van der Waals surface area contributed by atoms with Crippen molar-refractivity contribution >= 4 is 23.2 Å². The van der Waals surface area contributed by atoms with Gasteiger partial charge in [0.15, 0.2) is 6.10 Å². The van der Waals surface area contributed by atoms with Crippen LogP contribution in [0, 0.1) is 0 Å². The maximum Gasteiger partial charge on any atom is 0.416 e. The lowest BCUT2D eigenvalue weighted by molar-refractivity contribution is -0.137.